The van der Waals surface area contributed by atoms with Crippen LogP contribution in [0.5, 0.6) is 0 Å². The zero-order chi connectivity index (χ0) is 25.7. The Bertz CT molecular complexity index is 1210. The van der Waals surface area contributed by atoms with Gasteiger partial charge < -0.3 is 20.7 Å². The molecule has 0 spiro atoms. The van der Waals surface area contributed by atoms with E-state index in [2.05, 4.69) is 20.6 Å². The van der Waals surface area contributed by atoms with Crippen molar-refractivity contribution in [1.82, 2.24) is 15.3 Å². The van der Waals surface area contributed by atoms with E-state index in [1.54, 1.807) is 30.6 Å². The molecule has 1 saturated carbocycles. The zero-order valence-electron chi connectivity index (χ0n) is 19.3. The number of nitrogens with zero attached hydrogens (tertiary/aromatic N) is 1. The van der Waals surface area contributed by atoms with Crippen molar-refractivity contribution >= 4 is 46.8 Å². The van der Waals surface area contributed by atoms with Crippen LogP contribution in [0.1, 0.15) is 40.7 Å². The predicted molar refractivity (Wildman–Crippen MR) is 138 cm³/mol. The van der Waals surface area contributed by atoms with Crippen molar-refractivity contribution in [3.05, 3.63) is 81.6 Å². The number of H-pyrrole nitrogens is 1. The topological polar surface area (TPSA) is 124 Å². The number of aromatic amines is 1. The second kappa shape index (κ2) is 11.6. The Morgan fingerprint density at radius 1 is 1.06 bits per heavy atom. The molecule has 0 radical (unpaired) electrons. The molecule has 0 unspecified atom stereocenters. The Balaban J connectivity index is 1.32. The molecule has 3 aromatic rings. The fraction of sp³-hybridized carbons (Fsp3) is 0.308. The maximum Gasteiger partial charge on any atom is 0.326 e. The highest BCUT2D eigenvalue weighted by atomic mass is 35.5. The Kier molecular flexibility index (Phi) is 8.28. The third-order valence-corrected chi connectivity index (χ3v) is 6.99. The minimum absolute atomic E-state index is 0.000349. The maximum absolute atomic E-state index is 12.8. The Morgan fingerprint density at radius 3 is 2.39 bits per heavy atom. The molecule has 1 aromatic heterocycles. The summed E-state index contributed by atoms with van der Waals surface area (Å²) in [5.41, 5.74) is 1.62. The molecule has 36 heavy (non-hydrogen) atoms. The summed E-state index contributed by atoms with van der Waals surface area (Å²) in [6.07, 6.45) is 6.35. The van der Waals surface area contributed by atoms with Gasteiger partial charge in [0.2, 0.25) is 0 Å². The van der Waals surface area contributed by atoms with E-state index in [0.717, 1.165) is 30.8 Å². The number of rotatable bonds is 10. The van der Waals surface area contributed by atoms with Crippen LogP contribution in [0.4, 0.5) is 5.95 Å². The summed E-state index contributed by atoms with van der Waals surface area (Å²) < 4.78 is 0. The quantitative estimate of drug-likeness (QED) is 0.306. The number of carbonyl (C=O) groups is 3. The number of halogens is 2. The summed E-state index contributed by atoms with van der Waals surface area (Å²) in [7, 11) is 0. The first-order valence-electron chi connectivity index (χ1n) is 11.6. The van der Waals surface area contributed by atoms with E-state index in [4.69, 9.17) is 23.2 Å². The molecule has 8 nitrogen and oxygen atoms in total. The van der Waals surface area contributed by atoms with Gasteiger partial charge in [0.1, 0.15) is 11.8 Å². The molecule has 10 heteroatoms. The van der Waals surface area contributed by atoms with Crippen LogP contribution in [0.25, 0.3) is 0 Å². The number of nitrogens with one attached hydrogen (secondary N) is 3. The minimum atomic E-state index is -1.18. The second-order valence-corrected chi connectivity index (χ2v) is 9.73. The molecule has 188 valence electrons. The number of aliphatic carboxylic acids is 1. The van der Waals surface area contributed by atoms with Crippen LogP contribution in [0, 0.1) is 5.92 Å². The molecule has 4 rings (SSSR count). The highest BCUT2D eigenvalue weighted by Gasteiger charge is 2.30. The monoisotopic (exact) mass is 528 g/mol. The van der Waals surface area contributed by atoms with Crippen molar-refractivity contribution in [2.75, 3.05) is 5.32 Å². The highest BCUT2D eigenvalue weighted by Crippen LogP contribution is 2.29. The SMILES string of the molecule is O=C(N[C@@H](Cc1ccc(CC(=O)[C@@H]2CC[C@H](Nc3ncc[nH]3)C2)cc1)C(=O)O)c1c(Cl)cccc1Cl. The van der Waals surface area contributed by atoms with Gasteiger partial charge in [0.15, 0.2) is 5.95 Å². The lowest BCUT2D eigenvalue weighted by atomic mass is 9.95. The standard InChI is InChI=1S/C26H26Cl2N4O4/c27-19-2-1-3-20(28)23(19)24(34)32-21(25(35)36)12-15-4-6-16(7-5-15)13-22(33)17-8-9-18(14-17)31-26-29-10-11-30-26/h1-7,10-11,17-18,21H,8-9,12-14H2,(H,32,34)(H,35,36)(H2,29,30,31)/t17-,18+,21+/m1/s1. The van der Waals surface area contributed by atoms with Gasteiger partial charge in [0.25, 0.3) is 5.91 Å². The third-order valence-electron chi connectivity index (χ3n) is 6.36. The van der Waals surface area contributed by atoms with E-state index < -0.39 is 17.9 Å². The molecule has 1 amide bonds. The van der Waals surface area contributed by atoms with Crippen LogP contribution < -0.4 is 10.6 Å². The molecule has 0 aliphatic heterocycles. The van der Waals surface area contributed by atoms with Gasteiger partial charge in [-0.15, -0.1) is 0 Å². The Hall–Kier alpha value is -3.36. The fourth-order valence-corrected chi connectivity index (χ4v) is 5.03. The number of anilines is 1. The second-order valence-electron chi connectivity index (χ2n) is 8.91. The van der Waals surface area contributed by atoms with Gasteiger partial charge in [-0.1, -0.05) is 53.5 Å². The van der Waals surface area contributed by atoms with Crippen molar-refractivity contribution in [2.24, 2.45) is 5.92 Å². The van der Waals surface area contributed by atoms with Gasteiger partial charge in [-0.25, -0.2) is 9.78 Å². The highest BCUT2D eigenvalue weighted by molar-refractivity contribution is 6.39. The molecule has 1 aliphatic carbocycles. The number of imidazole rings is 1. The van der Waals surface area contributed by atoms with Gasteiger partial charge in [0, 0.05) is 37.2 Å². The van der Waals surface area contributed by atoms with E-state index >= 15 is 0 Å². The van der Waals surface area contributed by atoms with Gasteiger partial charge in [-0.2, -0.15) is 0 Å². The minimum Gasteiger partial charge on any atom is -0.480 e. The summed E-state index contributed by atoms with van der Waals surface area (Å²) in [4.78, 5) is 44.4. The molecule has 4 N–H and O–H groups in total. The van der Waals surface area contributed by atoms with E-state index in [0.29, 0.717) is 12.0 Å². The van der Waals surface area contributed by atoms with Crippen molar-refractivity contribution in [2.45, 2.75) is 44.2 Å². The van der Waals surface area contributed by atoms with Gasteiger partial charge in [-0.05, 0) is 42.5 Å². The fourth-order valence-electron chi connectivity index (χ4n) is 4.46. The summed E-state index contributed by atoms with van der Waals surface area (Å²) in [6, 6.07) is 10.9. The summed E-state index contributed by atoms with van der Waals surface area (Å²) in [5.74, 6) is -0.921. The number of hydrogen-bond donors (Lipinski definition) is 4. The Morgan fingerprint density at radius 2 is 1.75 bits per heavy atom. The van der Waals surface area contributed by atoms with Crippen molar-refractivity contribution < 1.29 is 19.5 Å². The van der Waals surface area contributed by atoms with E-state index in [-0.39, 0.29) is 39.8 Å². The van der Waals surface area contributed by atoms with Crippen molar-refractivity contribution in [3.63, 3.8) is 0 Å². The van der Waals surface area contributed by atoms with Crippen LogP contribution in [0.3, 0.4) is 0 Å². The lowest BCUT2D eigenvalue weighted by Crippen LogP contribution is -2.42. The number of hydrogen-bond acceptors (Lipinski definition) is 5. The average Bonchev–Trinajstić information content (AvgIpc) is 3.52. The van der Waals surface area contributed by atoms with E-state index in [9.17, 15) is 19.5 Å². The van der Waals surface area contributed by atoms with Crippen molar-refractivity contribution in [3.8, 4) is 0 Å². The molecule has 1 fully saturated rings. The first-order valence-corrected chi connectivity index (χ1v) is 12.4. The smallest absolute Gasteiger partial charge is 0.326 e. The van der Waals surface area contributed by atoms with Gasteiger partial charge in [0.05, 0.1) is 15.6 Å². The van der Waals surface area contributed by atoms with Crippen LogP contribution in [0.15, 0.2) is 54.9 Å². The molecule has 2 aromatic carbocycles. The average molecular weight is 529 g/mol. The number of carbonyl (C=O) groups excluding carboxylic acids is 2. The molecular weight excluding hydrogens is 503 g/mol. The number of amides is 1. The van der Waals surface area contributed by atoms with E-state index in [1.807, 2.05) is 12.1 Å². The zero-order valence-corrected chi connectivity index (χ0v) is 20.9. The number of benzene rings is 2. The molecule has 3 atom stereocenters. The predicted octanol–water partition coefficient (Wildman–Crippen LogP) is 4.53. The van der Waals surface area contributed by atoms with E-state index in [1.165, 1.54) is 12.1 Å². The number of carboxylic acid groups (broad SMARTS) is 1. The summed E-state index contributed by atoms with van der Waals surface area (Å²) in [6.45, 7) is 0. The Labute approximate surface area is 218 Å². The first-order chi connectivity index (χ1) is 17.3. The number of ketones is 1. The lowest BCUT2D eigenvalue weighted by molar-refractivity contribution is -0.139. The maximum atomic E-state index is 12.8. The summed E-state index contributed by atoms with van der Waals surface area (Å²) >= 11 is 12.1. The normalized spacial score (nSPS) is 17.9. The van der Waals surface area contributed by atoms with Crippen LogP contribution in [0.2, 0.25) is 10.0 Å². The van der Waals surface area contributed by atoms with Crippen LogP contribution >= 0.6 is 23.2 Å². The molecule has 0 saturated heterocycles. The molecular formula is C26H26Cl2N4O4. The largest absolute Gasteiger partial charge is 0.480 e. The van der Waals surface area contributed by atoms with Gasteiger partial charge in [-0.3, -0.25) is 9.59 Å². The summed E-state index contributed by atoms with van der Waals surface area (Å²) in [5, 5.41) is 15.7. The molecule has 0 bridgehead atoms. The molecule has 1 heterocycles. The number of aromatic nitrogens is 2. The van der Waals surface area contributed by atoms with Crippen molar-refractivity contribution in [1.29, 1.82) is 0 Å². The first kappa shape index (κ1) is 25.7. The lowest BCUT2D eigenvalue weighted by Gasteiger charge is -2.16. The van der Waals surface area contributed by atoms with Gasteiger partial charge >= 0.3 is 5.97 Å². The number of Topliss-reactive ketones (excluding diaryl/α,β-unsaturated/α-hetero) is 1. The van der Waals surface area contributed by atoms with Crippen LogP contribution in [-0.2, 0) is 22.4 Å². The van der Waals surface area contributed by atoms with Crippen LogP contribution in [-0.4, -0.2) is 44.8 Å². The third kappa shape index (κ3) is 6.44. The molecule has 1 aliphatic rings. The number of carboxylic acids is 1.